The van der Waals surface area contributed by atoms with Crippen LogP contribution < -0.4 is 15.8 Å². The normalized spacial score (nSPS) is 17.5. The van der Waals surface area contributed by atoms with E-state index >= 15 is 8.78 Å². The van der Waals surface area contributed by atoms with Crippen LogP contribution in [0.25, 0.3) is 22.0 Å². The number of morpholine rings is 1. The van der Waals surface area contributed by atoms with E-state index < -0.39 is 95.0 Å². The Balaban J connectivity index is 1.48. The van der Waals surface area contributed by atoms with Crippen LogP contribution in [0.1, 0.15) is 34.1 Å². The second-order valence-electron chi connectivity index (χ2n) is 11.8. The van der Waals surface area contributed by atoms with Crippen molar-refractivity contribution < 1.29 is 54.6 Å². The molecule has 2 aromatic heterocycles. The number of alkyl halides is 6. The number of halogens is 8. The number of nitrogens with zero attached hydrogens (tertiary/aromatic N) is 3. The number of ether oxygens (including phenoxy) is 1. The monoisotopic (exact) mass is 712 g/mol. The maximum absolute atomic E-state index is 15.2. The molecule has 2 N–H and O–H groups in total. The zero-order valence-corrected chi connectivity index (χ0v) is 26.4. The molecule has 1 saturated heterocycles. The number of hydrogen-bond donors (Lipinski definition) is 2. The fourth-order valence-electron chi connectivity index (χ4n) is 5.87. The molecular weight excluding hydrogens is 684 g/mol. The van der Waals surface area contributed by atoms with E-state index in [1.807, 2.05) is 5.32 Å². The molecule has 5 rings (SSSR count). The summed E-state index contributed by atoms with van der Waals surface area (Å²) in [5, 5.41) is 12.1. The summed E-state index contributed by atoms with van der Waals surface area (Å²) in [6.07, 6.45) is -9.75. The number of hydrogen-bond acceptors (Lipinski definition) is 6. The predicted octanol–water partition coefficient (Wildman–Crippen LogP) is 5.79. The lowest BCUT2D eigenvalue weighted by atomic mass is 9.93. The van der Waals surface area contributed by atoms with Gasteiger partial charge in [-0.05, 0) is 43.7 Å². The summed E-state index contributed by atoms with van der Waals surface area (Å²) in [4.78, 5) is 43.3. The van der Waals surface area contributed by atoms with E-state index in [4.69, 9.17) is 4.74 Å². The fraction of sp³-hybridized carbons (Fsp3) is 0.333. The summed E-state index contributed by atoms with van der Waals surface area (Å²) >= 11 is 0. The molecule has 0 radical (unpaired) electrons. The van der Waals surface area contributed by atoms with Gasteiger partial charge in [-0.3, -0.25) is 14.6 Å². The summed E-state index contributed by atoms with van der Waals surface area (Å²) in [7, 11) is 1.30. The van der Waals surface area contributed by atoms with E-state index in [2.05, 4.69) is 4.98 Å². The van der Waals surface area contributed by atoms with Crippen LogP contribution in [0.5, 0.6) is 0 Å². The molecule has 1 fully saturated rings. The predicted molar refractivity (Wildman–Crippen MR) is 164 cm³/mol. The number of nitrogens with one attached hydrogen (secondary N) is 1. The molecule has 1 aliphatic heterocycles. The minimum absolute atomic E-state index is 0.0451. The third kappa shape index (κ3) is 6.99. The van der Waals surface area contributed by atoms with Gasteiger partial charge in [0.05, 0.1) is 29.4 Å². The highest BCUT2D eigenvalue weighted by Gasteiger charge is 2.47. The van der Waals surface area contributed by atoms with E-state index in [0.717, 1.165) is 16.7 Å². The lowest BCUT2D eigenvalue weighted by Crippen LogP contribution is -2.56. The molecule has 266 valence electrons. The number of benzene rings is 2. The average Bonchev–Trinajstić information content (AvgIpc) is 3.02. The van der Waals surface area contributed by atoms with Crippen molar-refractivity contribution in [1.82, 2.24) is 14.9 Å². The molecule has 1 unspecified atom stereocenters. The summed E-state index contributed by atoms with van der Waals surface area (Å²) in [6, 6.07) is 3.03. The number of pyridine rings is 2. The molecular formula is C33H28F8N4O5. The smallest absolute Gasteiger partial charge is 0.417 e. The zero-order chi connectivity index (χ0) is 36.9. The molecule has 0 aliphatic carbocycles. The Morgan fingerprint density at radius 3 is 2.34 bits per heavy atom. The number of amides is 1. The van der Waals surface area contributed by atoms with Gasteiger partial charge in [-0.25, -0.2) is 13.6 Å². The number of aryl methyl sites for hydroxylation is 1. The Labute approximate surface area is 278 Å². The van der Waals surface area contributed by atoms with Crippen LogP contribution in [0.4, 0.5) is 40.8 Å². The van der Waals surface area contributed by atoms with E-state index in [-0.39, 0.29) is 34.3 Å². The first kappa shape index (κ1) is 36.2. The summed E-state index contributed by atoms with van der Waals surface area (Å²) < 4.78 is 120. The molecule has 4 aromatic rings. The van der Waals surface area contributed by atoms with Crippen molar-refractivity contribution in [3.8, 4) is 11.1 Å². The molecule has 0 bridgehead atoms. The van der Waals surface area contributed by atoms with E-state index in [1.54, 1.807) is 0 Å². The highest BCUT2D eigenvalue weighted by atomic mass is 19.4. The molecule has 0 saturated carbocycles. The quantitative estimate of drug-likeness (QED) is 0.234. The van der Waals surface area contributed by atoms with Crippen LogP contribution in [0.15, 0.2) is 53.5 Å². The van der Waals surface area contributed by atoms with E-state index in [0.29, 0.717) is 17.0 Å². The number of carbonyl (C=O) groups excluding carboxylic acids is 1. The molecule has 1 aliphatic rings. The van der Waals surface area contributed by atoms with Gasteiger partial charge in [-0.15, -0.1) is 0 Å². The number of aliphatic carboxylic acids is 1. The van der Waals surface area contributed by atoms with Crippen molar-refractivity contribution in [2.45, 2.75) is 50.8 Å². The minimum atomic E-state index is -4.92. The van der Waals surface area contributed by atoms with Crippen LogP contribution in [0.2, 0.25) is 0 Å². The fourth-order valence-corrected chi connectivity index (χ4v) is 5.87. The largest absolute Gasteiger partial charge is 0.480 e. The van der Waals surface area contributed by atoms with Gasteiger partial charge < -0.3 is 24.6 Å². The Kier molecular flexibility index (Phi) is 9.66. The SMILES string of the molecule is Cc1cc(C(F)(F)F)c(-c2ccc(CC(NC(=O)c3c(F)cc(N4C[C@@H](C)OC[C@@H]4C(F)(F)F)cc3F)C(=O)O)c3cccnc23)c(=O)n1C. The van der Waals surface area contributed by atoms with Crippen molar-refractivity contribution in [2.24, 2.45) is 7.05 Å². The maximum Gasteiger partial charge on any atom is 0.417 e. The highest BCUT2D eigenvalue weighted by molar-refractivity contribution is 5.99. The number of carboxylic acids is 1. The zero-order valence-electron chi connectivity index (χ0n) is 26.4. The summed E-state index contributed by atoms with van der Waals surface area (Å²) in [5.41, 5.74) is -4.72. The van der Waals surface area contributed by atoms with Crippen molar-refractivity contribution in [2.75, 3.05) is 18.1 Å². The molecule has 3 atom stereocenters. The first-order valence-electron chi connectivity index (χ1n) is 14.9. The number of rotatable bonds is 7. The Morgan fingerprint density at radius 2 is 1.74 bits per heavy atom. The standard InChI is InChI=1S/C33H28F8N4O5/c1-15-9-21(32(36,37)38)26(30(47)44(15)3)20-7-6-17(19-5-4-8-42-28(19)20)10-24(31(48)49)43-29(46)27-22(34)11-18(12-23(27)35)45-13-16(2)50-14-25(45)33(39,40)41/h4-9,11-12,16,24-25H,10,13-14H2,1-3H3,(H,43,46)(H,48,49)/t16-,24?,25-/m1/s1. The Morgan fingerprint density at radius 1 is 1.08 bits per heavy atom. The second-order valence-corrected chi connectivity index (χ2v) is 11.8. The van der Waals surface area contributed by atoms with Crippen LogP contribution >= 0.6 is 0 Å². The molecule has 17 heteroatoms. The van der Waals surface area contributed by atoms with Gasteiger partial charge in [0.25, 0.3) is 11.5 Å². The number of fused-ring (bicyclic) bond motifs is 1. The topological polar surface area (TPSA) is 114 Å². The minimum Gasteiger partial charge on any atom is -0.480 e. The maximum atomic E-state index is 15.2. The van der Waals surface area contributed by atoms with Crippen molar-refractivity contribution in [3.05, 3.63) is 93.0 Å². The molecule has 9 nitrogen and oxygen atoms in total. The summed E-state index contributed by atoms with van der Waals surface area (Å²) in [5.74, 6) is -6.29. The van der Waals surface area contributed by atoms with Crippen molar-refractivity contribution >= 4 is 28.5 Å². The number of aromatic nitrogens is 2. The van der Waals surface area contributed by atoms with Gasteiger partial charge >= 0.3 is 18.3 Å². The molecule has 2 aromatic carbocycles. The van der Waals surface area contributed by atoms with Crippen LogP contribution in [0, 0.1) is 18.6 Å². The molecule has 1 amide bonds. The first-order chi connectivity index (χ1) is 23.3. The van der Waals surface area contributed by atoms with Crippen LogP contribution in [-0.2, 0) is 29.2 Å². The molecule has 3 heterocycles. The van der Waals surface area contributed by atoms with Crippen LogP contribution in [-0.4, -0.2) is 64.0 Å². The Bertz CT molecular complexity index is 2020. The third-order valence-corrected chi connectivity index (χ3v) is 8.46. The van der Waals surface area contributed by atoms with Gasteiger partial charge in [0.15, 0.2) is 0 Å². The number of carboxylic acid groups (broad SMARTS) is 1. The first-order valence-corrected chi connectivity index (χ1v) is 14.9. The third-order valence-electron chi connectivity index (χ3n) is 8.46. The Hall–Kier alpha value is -5.06. The lowest BCUT2D eigenvalue weighted by Gasteiger charge is -2.41. The summed E-state index contributed by atoms with van der Waals surface area (Å²) in [6.45, 7) is 1.64. The van der Waals surface area contributed by atoms with Crippen molar-refractivity contribution in [3.63, 3.8) is 0 Å². The van der Waals surface area contributed by atoms with Gasteiger partial charge in [-0.1, -0.05) is 18.2 Å². The van der Waals surface area contributed by atoms with Gasteiger partial charge in [-0.2, -0.15) is 26.3 Å². The van der Waals surface area contributed by atoms with Crippen molar-refractivity contribution in [1.29, 1.82) is 0 Å². The van der Waals surface area contributed by atoms with Gasteiger partial charge in [0, 0.05) is 48.5 Å². The molecule has 50 heavy (non-hydrogen) atoms. The number of carbonyl (C=O) groups is 2. The number of anilines is 1. The van der Waals surface area contributed by atoms with Gasteiger partial charge in [0.1, 0.15) is 29.3 Å². The second kappa shape index (κ2) is 13.3. The van der Waals surface area contributed by atoms with Crippen LogP contribution in [0.3, 0.4) is 0 Å². The van der Waals surface area contributed by atoms with E-state index in [1.165, 1.54) is 45.3 Å². The van der Waals surface area contributed by atoms with Gasteiger partial charge in [0.2, 0.25) is 0 Å². The lowest BCUT2D eigenvalue weighted by molar-refractivity contribution is -0.173. The molecule has 0 spiro atoms. The highest BCUT2D eigenvalue weighted by Crippen LogP contribution is 2.39. The average molecular weight is 713 g/mol. The van der Waals surface area contributed by atoms with E-state index in [9.17, 15) is 45.8 Å².